The first-order valence-electron chi connectivity index (χ1n) is 8.98. The van der Waals surface area contributed by atoms with Crippen molar-refractivity contribution in [2.75, 3.05) is 20.1 Å². The van der Waals surface area contributed by atoms with E-state index in [1.165, 1.54) is 5.56 Å². The Bertz CT molecular complexity index is 626. The van der Waals surface area contributed by atoms with Crippen LogP contribution in [-0.4, -0.2) is 47.3 Å². The quantitative estimate of drug-likeness (QED) is 0.856. The zero-order valence-corrected chi connectivity index (χ0v) is 15.0. The van der Waals surface area contributed by atoms with Gasteiger partial charge in [-0.2, -0.15) is 0 Å². The number of likely N-dealkylation sites (N-methyl/N-ethyl adjacent to an activating group) is 1. The van der Waals surface area contributed by atoms with E-state index in [0.717, 1.165) is 32.2 Å². The minimum Gasteiger partial charge on any atom is -0.344 e. The second kappa shape index (κ2) is 6.23. The van der Waals surface area contributed by atoms with Crippen LogP contribution >= 0.6 is 0 Å². The zero-order chi connectivity index (χ0) is 17.4. The molecule has 1 unspecified atom stereocenters. The van der Waals surface area contributed by atoms with Crippen LogP contribution in [0.3, 0.4) is 0 Å². The van der Waals surface area contributed by atoms with Crippen LogP contribution < -0.4 is 0 Å². The van der Waals surface area contributed by atoms with Gasteiger partial charge in [-0.1, -0.05) is 44.2 Å². The molecule has 4 nitrogen and oxygen atoms in total. The molecular weight excluding hydrogens is 300 g/mol. The number of amides is 2. The lowest BCUT2D eigenvalue weighted by Crippen LogP contribution is -2.60. The number of piperidine rings is 1. The Morgan fingerprint density at radius 2 is 1.75 bits per heavy atom. The molecule has 0 radical (unpaired) electrons. The number of hydrogen-bond donors (Lipinski definition) is 0. The number of benzene rings is 1. The number of carbonyl (C=O) groups is 2. The number of likely N-dealkylation sites (tertiary alicyclic amines) is 2. The summed E-state index contributed by atoms with van der Waals surface area (Å²) in [6.07, 6.45) is 3.97. The molecule has 2 amide bonds. The van der Waals surface area contributed by atoms with E-state index in [4.69, 9.17) is 0 Å². The summed E-state index contributed by atoms with van der Waals surface area (Å²) in [5.74, 6) is 0.252. The lowest BCUT2D eigenvalue weighted by atomic mass is 9.80. The Morgan fingerprint density at radius 3 is 2.42 bits per heavy atom. The lowest BCUT2D eigenvalue weighted by molar-refractivity contribution is -0.154. The third-order valence-electron chi connectivity index (χ3n) is 5.77. The predicted molar refractivity (Wildman–Crippen MR) is 94.6 cm³/mol. The summed E-state index contributed by atoms with van der Waals surface area (Å²) in [6, 6.07) is 10.2. The molecule has 1 aromatic carbocycles. The topological polar surface area (TPSA) is 40.6 Å². The maximum absolute atomic E-state index is 13.1. The molecule has 2 aliphatic rings. The Kier molecular flexibility index (Phi) is 4.41. The van der Waals surface area contributed by atoms with Crippen LogP contribution in [0, 0.1) is 0 Å². The van der Waals surface area contributed by atoms with E-state index in [9.17, 15) is 9.59 Å². The van der Waals surface area contributed by atoms with E-state index < -0.39 is 5.54 Å². The van der Waals surface area contributed by atoms with Crippen LogP contribution in [0.4, 0.5) is 0 Å². The van der Waals surface area contributed by atoms with Crippen molar-refractivity contribution in [2.45, 2.75) is 56.9 Å². The van der Waals surface area contributed by atoms with Gasteiger partial charge < -0.3 is 9.80 Å². The molecule has 0 aliphatic carbocycles. The molecule has 130 valence electrons. The molecule has 0 N–H and O–H groups in total. The Hall–Kier alpha value is -1.84. The first kappa shape index (κ1) is 17.0. The van der Waals surface area contributed by atoms with Crippen molar-refractivity contribution in [3.63, 3.8) is 0 Å². The largest absolute Gasteiger partial charge is 0.344 e. The summed E-state index contributed by atoms with van der Waals surface area (Å²) in [5, 5.41) is 0. The average Bonchev–Trinajstić information content (AvgIpc) is 2.98. The second-order valence-electron chi connectivity index (χ2n) is 7.94. The van der Waals surface area contributed by atoms with Crippen molar-refractivity contribution in [3.8, 4) is 0 Å². The first-order chi connectivity index (χ1) is 11.4. The summed E-state index contributed by atoms with van der Waals surface area (Å²) in [5.41, 5.74) is 0.362. The van der Waals surface area contributed by atoms with Crippen molar-refractivity contribution in [2.24, 2.45) is 0 Å². The van der Waals surface area contributed by atoms with Gasteiger partial charge in [0.2, 0.25) is 11.8 Å². The minimum absolute atomic E-state index is 0.116. The Labute approximate surface area is 144 Å². The van der Waals surface area contributed by atoms with Crippen molar-refractivity contribution < 1.29 is 9.59 Å². The highest BCUT2D eigenvalue weighted by molar-refractivity contribution is 5.93. The lowest BCUT2D eigenvalue weighted by Gasteiger charge is -2.44. The molecule has 0 aromatic heterocycles. The number of rotatable bonds is 3. The monoisotopic (exact) mass is 328 g/mol. The van der Waals surface area contributed by atoms with Gasteiger partial charge in [-0.15, -0.1) is 0 Å². The van der Waals surface area contributed by atoms with Gasteiger partial charge in [0.25, 0.3) is 0 Å². The fourth-order valence-corrected chi connectivity index (χ4v) is 4.36. The molecule has 2 saturated heterocycles. The fraction of sp³-hybridized carbons (Fsp3) is 0.600. The summed E-state index contributed by atoms with van der Waals surface area (Å²) >= 11 is 0. The standard InChI is InChI=1S/C20H28N2O2/c1-19(2,16-9-5-4-6-10-16)15-17(23)22-14-8-12-20(22)11-7-13-21(3)18(20)24/h4-6,9-10H,7-8,11-15H2,1-3H3. The van der Waals surface area contributed by atoms with Gasteiger partial charge in [0.05, 0.1) is 0 Å². The van der Waals surface area contributed by atoms with Crippen LogP contribution in [0.5, 0.6) is 0 Å². The van der Waals surface area contributed by atoms with E-state index in [2.05, 4.69) is 26.0 Å². The molecule has 1 spiro atoms. The van der Waals surface area contributed by atoms with Gasteiger partial charge in [0.15, 0.2) is 0 Å². The molecular formula is C20H28N2O2. The molecule has 1 atom stereocenters. The smallest absolute Gasteiger partial charge is 0.248 e. The highest BCUT2D eigenvalue weighted by Crippen LogP contribution is 2.39. The summed E-state index contributed by atoms with van der Waals surface area (Å²) in [6.45, 7) is 5.73. The second-order valence-corrected chi connectivity index (χ2v) is 7.94. The third kappa shape index (κ3) is 2.83. The van der Waals surface area contributed by atoms with E-state index in [1.807, 2.05) is 30.1 Å². The average molecular weight is 328 g/mol. The molecule has 0 bridgehead atoms. The van der Waals surface area contributed by atoms with Crippen molar-refractivity contribution >= 4 is 11.8 Å². The molecule has 2 aliphatic heterocycles. The van der Waals surface area contributed by atoms with Crippen LogP contribution in [0.2, 0.25) is 0 Å². The zero-order valence-electron chi connectivity index (χ0n) is 15.0. The van der Waals surface area contributed by atoms with Gasteiger partial charge in [-0.3, -0.25) is 9.59 Å². The summed E-state index contributed by atoms with van der Waals surface area (Å²) in [4.78, 5) is 29.6. The van der Waals surface area contributed by atoms with Crippen LogP contribution in [0.15, 0.2) is 30.3 Å². The third-order valence-corrected chi connectivity index (χ3v) is 5.77. The highest BCUT2D eigenvalue weighted by Gasteiger charge is 2.52. The van der Waals surface area contributed by atoms with Crippen molar-refractivity contribution in [3.05, 3.63) is 35.9 Å². The number of carbonyl (C=O) groups excluding carboxylic acids is 2. The number of hydrogen-bond acceptors (Lipinski definition) is 2. The van der Waals surface area contributed by atoms with Crippen LogP contribution in [0.25, 0.3) is 0 Å². The number of nitrogens with zero attached hydrogens (tertiary/aromatic N) is 2. The molecule has 3 rings (SSSR count). The van der Waals surface area contributed by atoms with Crippen LogP contribution in [0.1, 0.15) is 51.5 Å². The molecule has 0 saturated carbocycles. The fourth-order valence-electron chi connectivity index (χ4n) is 4.36. The van der Waals surface area contributed by atoms with Gasteiger partial charge >= 0.3 is 0 Å². The molecule has 1 aromatic rings. The molecule has 2 heterocycles. The van der Waals surface area contributed by atoms with Crippen molar-refractivity contribution in [1.82, 2.24) is 9.80 Å². The maximum Gasteiger partial charge on any atom is 0.248 e. The SMILES string of the molecule is CN1CCCC2(CCCN2C(=O)CC(C)(C)c2ccccc2)C1=O. The van der Waals surface area contributed by atoms with Gasteiger partial charge in [-0.25, -0.2) is 0 Å². The minimum atomic E-state index is -0.573. The normalized spacial score (nSPS) is 24.7. The molecule has 2 fully saturated rings. The predicted octanol–water partition coefficient (Wildman–Crippen LogP) is 2.97. The van der Waals surface area contributed by atoms with E-state index in [0.29, 0.717) is 13.0 Å². The van der Waals surface area contributed by atoms with Crippen LogP contribution in [-0.2, 0) is 15.0 Å². The highest BCUT2D eigenvalue weighted by atomic mass is 16.2. The van der Waals surface area contributed by atoms with Gasteiger partial charge in [0, 0.05) is 26.6 Å². The summed E-state index contributed by atoms with van der Waals surface area (Å²) in [7, 11) is 1.86. The molecule has 24 heavy (non-hydrogen) atoms. The first-order valence-corrected chi connectivity index (χ1v) is 8.98. The Morgan fingerprint density at radius 1 is 1.12 bits per heavy atom. The van der Waals surface area contributed by atoms with Gasteiger partial charge in [0.1, 0.15) is 5.54 Å². The van der Waals surface area contributed by atoms with E-state index >= 15 is 0 Å². The van der Waals surface area contributed by atoms with Gasteiger partial charge in [-0.05, 0) is 36.7 Å². The summed E-state index contributed by atoms with van der Waals surface area (Å²) < 4.78 is 0. The Balaban J connectivity index is 1.80. The molecule has 4 heteroatoms. The van der Waals surface area contributed by atoms with Crippen molar-refractivity contribution in [1.29, 1.82) is 0 Å². The van der Waals surface area contributed by atoms with E-state index in [1.54, 1.807) is 4.90 Å². The maximum atomic E-state index is 13.1. The van der Waals surface area contributed by atoms with E-state index in [-0.39, 0.29) is 17.2 Å².